The van der Waals surface area contributed by atoms with E-state index in [0.29, 0.717) is 29.1 Å². The molecule has 164 valence electrons. The van der Waals surface area contributed by atoms with Gasteiger partial charge in [0.1, 0.15) is 5.69 Å². The molecule has 8 nitrogen and oxygen atoms in total. The van der Waals surface area contributed by atoms with Gasteiger partial charge in [0.15, 0.2) is 6.79 Å². The molecule has 2 amide bonds. The van der Waals surface area contributed by atoms with Crippen molar-refractivity contribution in [2.45, 2.75) is 39.0 Å². The van der Waals surface area contributed by atoms with Gasteiger partial charge in [-0.25, -0.2) is 9.69 Å². The fraction of sp³-hybridized carbons (Fsp3) is 0.474. The van der Waals surface area contributed by atoms with Gasteiger partial charge in [0.2, 0.25) is 11.0 Å². The minimum atomic E-state index is -0.901. The number of imide groups is 1. The fourth-order valence-electron chi connectivity index (χ4n) is 3.03. The van der Waals surface area contributed by atoms with Crippen molar-refractivity contribution < 1.29 is 37.8 Å². The van der Waals surface area contributed by atoms with Gasteiger partial charge in [-0.2, -0.15) is 4.39 Å². The number of ether oxygens (including phenoxy) is 3. The fourth-order valence-corrected chi connectivity index (χ4v) is 4.31. The van der Waals surface area contributed by atoms with Crippen LogP contribution in [0.3, 0.4) is 0 Å². The van der Waals surface area contributed by atoms with Crippen LogP contribution in [0.25, 0.3) is 0 Å². The Morgan fingerprint density at radius 3 is 2.33 bits per heavy atom. The monoisotopic (exact) mass is 461 g/mol. The van der Waals surface area contributed by atoms with Crippen molar-refractivity contribution in [3.8, 4) is 0 Å². The van der Waals surface area contributed by atoms with Crippen LogP contribution < -0.4 is 4.90 Å². The summed E-state index contributed by atoms with van der Waals surface area (Å²) in [5, 5.41) is -1.13. The number of rotatable bonds is 7. The molecule has 30 heavy (non-hydrogen) atoms. The largest absolute Gasteiger partial charge is 0.469 e. The Labute approximate surface area is 181 Å². The number of amides is 2. The SMILES string of the molecule is COCOC(=O)C1=C(C(=O)N(C(C)=O)c2c(F)sc(CC(=O)OC)c2Cl)CCCC1. The molecule has 0 saturated heterocycles. The molecule has 1 aromatic heterocycles. The average Bonchev–Trinajstić information content (AvgIpc) is 2.99. The van der Waals surface area contributed by atoms with E-state index in [-0.39, 0.29) is 47.1 Å². The molecule has 1 aliphatic rings. The standard InChI is InChI=1S/C19H21ClFNO7S/c1-10(23)22(16-15(20)13(30-17(16)21)8-14(24)28-3)18(25)11-6-4-5-7-12(11)19(26)29-9-27-2/h4-9H2,1-3H3. The van der Waals surface area contributed by atoms with Gasteiger partial charge in [-0.15, -0.1) is 11.3 Å². The molecular formula is C19H21ClFNO7S. The Balaban J connectivity index is 2.48. The molecule has 2 rings (SSSR count). The summed E-state index contributed by atoms with van der Waals surface area (Å²) in [7, 11) is 2.52. The summed E-state index contributed by atoms with van der Waals surface area (Å²) in [6.45, 7) is 0.791. The highest BCUT2D eigenvalue weighted by Crippen LogP contribution is 2.41. The number of carbonyl (C=O) groups is 4. The van der Waals surface area contributed by atoms with E-state index in [1.807, 2.05) is 0 Å². The van der Waals surface area contributed by atoms with Crippen molar-refractivity contribution in [2.24, 2.45) is 0 Å². The molecule has 0 fully saturated rings. The molecule has 11 heteroatoms. The number of halogens is 2. The summed E-state index contributed by atoms with van der Waals surface area (Å²) < 4.78 is 28.9. The van der Waals surface area contributed by atoms with Crippen molar-refractivity contribution in [1.29, 1.82) is 0 Å². The smallest absolute Gasteiger partial charge is 0.336 e. The second-order valence-corrected chi connectivity index (χ2v) is 7.81. The van der Waals surface area contributed by atoms with Crippen LogP contribution in [0.1, 0.15) is 37.5 Å². The third-order valence-corrected chi connectivity index (χ3v) is 5.89. The lowest BCUT2D eigenvalue weighted by Crippen LogP contribution is -2.38. The maximum absolute atomic E-state index is 14.7. The van der Waals surface area contributed by atoms with E-state index in [0.717, 1.165) is 6.92 Å². The molecule has 0 aliphatic heterocycles. The Morgan fingerprint density at radius 2 is 1.77 bits per heavy atom. The number of hydrogen-bond donors (Lipinski definition) is 0. The molecule has 0 N–H and O–H groups in total. The third kappa shape index (κ3) is 5.24. The van der Waals surface area contributed by atoms with Crippen molar-refractivity contribution in [3.05, 3.63) is 26.2 Å². The first kappa shape index (κ1) is 24.0. The minimum absolute atomic E-state index is 0.0636. The Bertz CT molecular complexity index is 896. The second kappa shape index (κ2) is 10.6. The topological polar surface area (TPSA) is 99.2 Å². The molecule has 0 spiro atoms. The molecule has 0 aromatic carbocycles. The molecule has 1 aliphatic carbocycles. The number of anilines is 1. The van der Waals surface area contributed by atoms with E-state index >= 15 is 0 Å². The number of thiophene rings is 1. The summed E-state index contributed by atoms with van der Waals surface area (Å²) in [6.07, 6.45) is 1.46. The molecule has 1 heterocycles. The Morgan fingerprint density at radius 1 is 1.13 bits per heavy atom. The number of esters is 2. The van der Waals surface area contributed by atoms with Gasteiger partial charge in [-0.1, -0.05) is 11.6 Å². The van der Waals surface area contributed by atoms with Crippen LogP contribution in [-0.2, 0) is 39.8 Å². The quantitative estimate of drug-likeness (QED) is 0.454. The average molecular weight is 462 g/mol. The molecule has 0 bridgehead atoms. The maximum atomic E-state index is 14.7. The van der Waals surface area contributed by atoms with Crippen LogP contribution in [0.15, 0.2) is 11.1 Å². The van der Waals surface area contributed by atoms with Crippen LogP contribution in [0.4, 0.5) is 10.1 Å². The normalized spacial score (nSPS) is 13.8. The van der Waals surface area contributed by atoms with Crippen molar-refractivity contribution in [1.82, 2.24) is 0 Å². The van der Waals surface area contributed by atoms with Gasteiger partial charge in [-0.05, 0) is 25.7 Å². The first-order chi connectivity index (χ1) is 14.2. The van der Waals surface area contributed by atoms with Gasteiger partial charge < -0.3 is 14.2 Å². The Kier molecular flexibility index (Phi) is 8.51. The molecular weight excluding hydrogens is 441 g/mol. The molecule has 0 atom stereocenters. The van der Waals surface area contributed by atoms with Crippen molar-refractivity contribution >= 4 is 52.4 Å². The van der Waals surface area contributed by atoms with E-state index < -0.39 is 34.6 Å². The number of nitrogens with zero attached hydrogens (tertiary/aromatic N) is 1. The van der Waals surface area contributed by atoms with E-state index in [2.05, 4.69) is 4.74 Å². The molecule has 0 saturated carbocycles. The number of hydrogen-bond acceptors (Lipinski definition) is 8. The van der Waals surface area contributed by atoms with Crippen LogP contribution >= 0.6 is 22.9 Å². The van der Waals surface area contributed by atoms with Crippen molar-refractivity contribution in [3.63, 3.8) is 0 Å². The first-order valence-electron chi connectivity index (χ1n) is 8.99. The van der Waals surface area contributed by atoms with E-state index in [1.165, 1.54) is 14.2 Å². The zero-order valence-corrected chi connectivity index (χ0v) is 18.3. The van der Waals surface area contributed by atoms with Gasteiger partial charge in [0.25, 0.3) is 5.91 Å². The highest BCUT2D eigenvalue weighted by molar-refractivity contribution is 7.11. The van der Waals surface area contributed by atoms with Crippen molar-refractivity contribution in [2.75, 3.05) is 25.9 Å². The Hall–Kier alpha value is -2.30. The molecule has 0 radical (unpaired) electrons. The van der Waals surface area contributed by atoms with Gasteiger partial charge in [0.05, 0.1) is 18.6 Å². The molecule has 1 aromatic rings. The zero-order chi connectivity index (χ0) is 22.4. The predicted molar refractivity (Wildman–Crippen MR) is 107 cm³/mol. The first-order valence-corrected chi connectivity index (χ1v) is 10.2. The third-order valence-electron chi connectivity index (χ3n) is 4.41. The minimum Gasteiger partial charge on any atom is -0.469 e. The summed E-state index contributed by atoms with van der Waals surface area (Å²) in [4.78, 5) is 50.1. The summed E-state index contributed by atoms with van der Waals surface area (Å²) in [5.74, 6) is -3.02. The van der Waals surface area contributed by atoms with Crippen LogP contribution in [0, 0.1) is 5.13 Å². The van der Waals surface area contributed by atoms with E-state index in [1.54, 1.807) is 0 Å². The van der Waals surface area contributed by atoms with E-state index in [9.17, 15) is 23.6 Å². The zero-order valence-electron chi connectivity index (χ0n) is 16.7. The van der Waals surface area contributed by atoms with Crippen LogP contribution in [-0.4, -0.2) is 44.8 Å². The summed E-state index contributed by atoms with van der Waals surface area (Å²) in [5.41, 5.74) is -0.259. The van der Waals surface area contributed by atoms with Gasteiger partial charge >= 0.3 is 11.9 Å². The summed E-state index contributed by atoms with van der Waals surface area (Å²) in [6, 6.07) is 0. The predicted octanol–water partition coefficient (Wildman–Crippen LogP) is 3.15. The number of carbonyl (C=O) groups excluding carboxylic acids is 4. The number of methoxy groups -OCH3 is 2. The maximum Gasteiger partial charge on any atom is 0.336 e. The van der Waals surface area contributed by atoms with Gasteiger partial charge in [-0.3, -0.25) is 14.4 Å². The van der Waals surface area contributed by atoms with Crippen LogP contribution in [0.2, 0.25) is 5.02 Å². The van der Waals surface area contributed by atoms with Gasteiger partial charge in [0, 0.05) is 30.1 Å². The highest BCUT2D eigenvalue weighted by Gasteiger charge is 2.35. The lowest BCUT2D eigenvalue weighted by molar-refractivity contribution is -0.150. The summed E-state index contributed by atoms with van der Waals surface area (Å²) >= 11 is 6.76. The highest BCUT2D eigenvalue weighted by atomic mass is 35.5. The van der Waals surface area contributed by atoms with Crippen LogP contribution in [0.5, 0.6) is 0 Å². The second-order valence-electron chi connectivity index (χ2n) is 6.38. The van der Waals surface area contributed by atoms with E-state index in [4.69, 9.17) is 21.1 Å². The molecule has 0 unspecified atom stereocenters. The lowest BCUT2D eigenvalue weighted by atomic mass is 9.90. The lowest BCUT2D eigenvalue weighted by Gasteiger charge is -2.24.